The van der Waals surface area contributed by atoms with Gasteiger partial charge >= 0.3 is 0 Å². The topological polar surface area (TPSA) is 25.8 Å². The van der Waals surface area contributed by atoms with E-state index in [-0.39, 0.29) is 3.42 Å². The highest BCUT2D eigenvalue weighted by Crippen LogP contribution is 2.31. The van der Waals surface area contributed by atoms with Gasteiger partial charge in [-0.15, -0.1) is 0 Å². The quantitative estimate of drug-likeness (QED) is 0.577. The van der Waals surface area contributed by atoms with Crippen LogP contribution in [0, 0.1) is 6.92 Å². The van der Waals surface area contributed by atoms with E-state index in [1.807, 2.05) is 6.92 Å². The summed E-state index contributed by atoms with van der Waals surface area (Å²) in [6, 6.07) is 0. The van der Waals surface area contributed by atoms with Gasteiger partial charge in [-0.1, -0.05) is 22.6 Å². The van der Waals surface area contributed by atoms with Crippen molar-refractivity contribution in [2.75, 3.05) is 0 Å². The fourth-order valence-corrected chi connectivity index (χ4v) is 1.60. The van der Waals surface area contributed by atoms with E-state index >= 15 is 0 Å². The minimum atomic E-state index is 0.129. The lowest BCUT2D eigenvalue weighted by Gasteiger charge is -2.09. The summed E-state index contributed by atoms with van der Waals surface area (Å²) >= 11 is 3.85. The SMILES string of the molecule is Cc1nsc(C(C)(C)I)n1. The van der Waals surface area contributed by atoms with Gasteiger partial charge in [0.1, 0.15) is 10.8 Å². The molecule has 0 aliphatic heterocycles. The Bertz CT molecular complexity index is 226. The number of rotatable bonds is 1. The zero-order chi connectivity index (χ0) is 7.78. The van der Waals surface area contributed by atoms with Crippen molar-refractivity contribution in [1.82, 2.24) is 9.36 Å². The number of alkyl halides is 1. The summed E-state index contributed by atoms with van der Waals surface area (Å²) in [6.07, 6.45) is 0. The Morgan fingerprint density at radius 1 is 1.50 bits per heavy atom. The molecule has 0 aliphatic carbocycles. The van der Waals surface area contributed by atoms with Crippen molar-refractivity contribution in [3.8, 4) is 0 Å². The van der Waals surface area contributed by atoms with Crippen LogP contribution in [0.3, 0.4) is 0 Å². The first-order chi connectivity index (χ1) is 4.50. The number of nitrogens with zero attached hydrogens (tertiary/aromatic N) is 2. The Hall–Kier alpha value is 0.290. The number of hydrogen-bond acceptors (Lipinski definition) is 3. The van der Waals surface area contributed by atoms with Gasteiger partial charge in [0, 0.05) is 0 Å². The number of aromatic nitrogens is 2. The van der Waals surface area contributed by atoms with E-state index in [1.54, 1.807) is 0 Å². The maximum Gasteiger partial charge on any atom is 0.139 e. The lowest BCUT2D eigenvalue weighted by atomic mass is 10.2. The molecule has 1 rings (SSSR count). The Balaban J connectivity index is 2.96. The van der Waals surface area contributed by atoms with Crippen molar-refractivity contribution in [2.24, 2.45) is 0 Å². The molecule has 0 aliphatic rings. The second kappa shape index (κ2) is 2.73. The Morgan fingerprint density at radius 3 is 2.30 bits per heavy atom. The van der Waals surface area contributed by atoms with Crippen molar-refractivity contribution in [3.05, 3.63) is 10.8 Å². The summed E-state index contributed by atoms with van der Waals surface area (Å²) in [4.78, 5) is 4.28. The molecule has 4 heteroatoms. The molecule has 2 nitrogen and oxygen atoms in total. The van der Waals surface area contributed by atoms with Gasteiger partial charge in [0.2, 0.25) is 0 Å². The number of halogens is 1. The summed E-state index contributed by atoms with van der Waals surface area (Å²) < 4.78 is 4.24. The standard InChI is InChI=1S/C6H9IN2S/c1-4-8-5(10-9-4)6(2,3)7/h1-3H3. The molecule has 0 saturated heterocycles. The third-order valence-corrected chi connectivity index (χ3v) is 3.04. The van der Waals surface area contributed by atoms with Gasteiger partial charge in [-0.05, 0) is 32.3 Å². The van der Waals surface area contributed by atoms with Crippen LogP contribution in [-0.4, -0.2) is 9.36 Å². The van der Waals surface area contributed by atoms with Crippen molar-refractivity contribution in [2.45, 2.75) is 24.2 Å². The van der Waals surface area contributed by atoms with Gasteiger partial charge < -0.3 is 0 Å². The zero-order valence-electron chi connectivity index (χ0n) is 6.18. The summed E-state index contributed by atoms with van der Waals surface area (Å²) in [7, 11) is 0. The smallest absolute Gasteiger partial charge is 0.139 e. The molecule has 0 bridgehead atoms. The highest BCUT2D eigenvalue weighted by molar-refractivity contribution is 14.1. The molecule has 0 unspecified atom stereocenters. The van der Waals surface area contributed by atoms with Crippen LogP contribution in [-0.2, 0) is 3.42 Å². The van der Waals surface area contributed by atoms with E-state index in [0.717, 1.165) is 10.8 Å². The van der Waals surface area contributed by atoms with Crippen molar-refractivity contribution < 1.29 is 0 Å². The van der Waals surface area contributed by atoms with Gasteiger partial charge in [0.25, 0.3) is 0 Å². The lowest BCUT2D eigenvalue weighted by Crippen LogP contribution is -2.05. The molecule has 0 fully saturated rings. The van der Waals surface area contributed by atoms with Crippen LogP contribution < -0.4 is 0 Å². The first-order valence-electron chi connectivity index (χ1n) is 3.00. The third kappa shape index (κ3) is 1.88. The lowest BCUT2D eigenvalue weighted by molar-refractivity contribution is 0.809. The maximum absolute atomic E-state index is 4.28. The van der Waals surface area contributed by atoms with Crippen LogP contribution in [0.4, 0.5) is 0 Å². The van der Waals surface area contributed by atoms with Gasteiger partial charge in [-0.25, -0.2) is 4.98 Å². The molecule has 1 aromatic rings. The molecule has 0 atom stereocenters. The van der Waals surface area contributed by atoms with Gasteiger partial charge in [0.05, 0.1) is 3.42 Å². The predicted octanol–water partition coefficient (Wildman–Crippen LogP) is 2.52. The largest absolute Gasteiger partial charge is 0.223 e. The molecule has 0 saturated carbocycles. The van der Waals surface area contributed by atoms with Crippen LogP contribution in [0.15, 0.2) is 0 Å². The van der Waals surface area contributed by atoms with E-state index in [0.29, 0.717) is 0 Å². The van der Waals surface area contributed by atoms with Crippen molar-refractivity contribution >= 4 is 34.1 Å². The zero-order valence-corrected chi connectivity index (χ0v) is 9.15. The molecular weight excluding hydrogens is 259 g/mol. The molecule has 56 valence electrons. The van der Waals surface area contributed by atoms with Crippen LogP contribution >= 0.6 is 34.1 Å². The Labute approximate surface area is 78.4 Å². The molecule has 0 spiro atoms. The highest BCUT2D eigenvalue weighted by Gasteiger charge is 2.19. The van der Waals surface area contributed by atoms with Crippen LogP contribution in [0.2, 0.25) is 0 Å². The molecule has 0 amide bonds. The fraction of sp³-hybridized carbons (Fsp3) is 0.667. The summed E-state index contributed by atoms with van der Waals surface area (Å²) in [5.74, 6) is 0.879. The first kappa shape index (κ1) is 8.39. The van der Waals surface area contributed by atoms with Gasteiger partial charge in [0.15, 0.2) is 0 Å². The molecule has 1 aromatic heterocycles. The minimum absolute atomic E-state index is 0.129. The van der Waals surface area contributed by atoms with Gasteiger partial charge in [-0.3, -0.25) is 0 Å². The summed E-state index contributed by atoms with van der Waals surface area (Å²) in [5, 5.41) is 1.10. The number of hydrogen-bond donors (Lipinski definition) is 0. The molecule has 0 aromatic carbocycles. The second-order valence-electron chi connectivity index (χ2n) is 2.62. The monoisotopic (exact) mass is 268 g/mol. The fourth-order valence-electron chi connectivity index (χ4n) is 0.539. The van der Waals surface area contributed by atoms with E-state index in [1.165, 1.54) is 11.5 Å². The van der Waals surface area contributed by atoms with Gasteiger partial charge in [-0.2, -0.15) is 4.37 Å². The minimum Gasteiger partial charge on any atom is -0.223 e. The van der Waals surface area contributed by atoms with Crippen molar-refractivity contribution in [1.29, 1.82) is 0 Å². The summed E-state index contributed by atoms with van der Waals surface area (Å²) in [6.45, 7) is 6.18. The maximum atomic E-state index is 4.28. The predicted molar refractivity (Wildman–Crippen MR) is 51.7 cm³/mol. The van der Waals surface area contributed by atoms with Crippen LogP contribution in [0.25, 0.3) is 0 Å². The molecular formula is C6H9IN2S. The van der Waals surface area contributed by atoms with Crippen LogP contribution in [0.1, 0.15) is 24.7 Å². The average molecular weight is 268 g/mol. The van der Waals surface area contributed by atoms with Crippen molar-refractivity contribution in [3.63, 3.8) is 0 Å². The molecule has 10 heavy (non-hydrogen) atoms. The third-order valence-electron chi connectivity index (χ3n) is 1.04. The Morgan fingerprint density at radius 2 is 2.10 bits per heavy atom. The molecule has 1 heterocycles. The molecule has 0 radical (unpaired) electrons. The average Bonchev–Trinajstić information content (AvgIpc) is 2.11. The normalized spacial score (nSPS) is 12.0. The van der Waals surface area contributed by atoms with Crippen LogP contribution in [0.5, 0.6) is 0 Å². The Kier molecular flexibility index (Phi) is 2.29. The highest BCUT2D eigenvalue weighted by atomic mass is 127. The second-order valence-corrected chi connectivity index (χ2v) is 6.07. The number of aryl methyl sites for hydroxylation is 1. The van der Waals surface area contributed by atoms with E-state index in [2.05, 4.69) is 45.8 Å². The summed E-state index contributed by atoms with van der Waals surface area (Å²) in [5.41, 5.74) is 0. The molecule has 0 N–H and O–H groups in total. The van der Waals surface area contributed by atoms with E-state index < -0.39 is 0 Å². The van der Waals surface area contributed by atoms with E-state index in [9.17, 15) is 0 Å². The first-order valence-corrected chi connectivity index (χ1v) is 4.85. The van der Waals surface area contributed by atoms with E-state index in [4.69, 9.17) is 0 Å².